The van der Waals surface area contributed by atoms with E-state index in [1.807, 2.05) is 6.92 Å². The first-order valence-electron chi connectivity index (χ1n) is 5.85. The predicted octanol–water partition coefficient (Wildman–Crippen LogP) is 1.99. The molecule has 0 aromatic heterocycles. The third kappa shape index (κ3) is 3.82. The number of nitrogens with one attached hydrogen (secondary N) is 1. The minimum atomic E-state index is -0.296. The second-order valence-electron chi connectivity index (χ2n) is 4.12. The van der Waals surface area contributed by atoms with Crippen molar-refractivity contribution < 1.29 is 9.18 Å². The zero-order valence-electron chi connectivity index (χ0n) is 10.3. The molecule has 0 aliphatic carbocycles. The molecule has 1 unspecified atom stereocenters. The Hall–Kier alpha value is -1.42. The average Bonchev–Trinajstić information content (AvgIpc) is 2.31. The van der Waals surface area contributed by atoms with Crippen LogP contribution in [0.15, 0.2) is 18.2 Å². The van der Waals surface area contributed by atoms with Crippen LogP contribution < -0.4 is 11.1 Å². The van der Waals surface area contributed by atoms with Gasteiger partial charge in [-0.3, -0.25) is 4.79 Å². The molecule has 3 nitrogen and oxygen atoms in total. The van der Waals surface area contributed by atoms with E-state index in [9.17, 15) is 9.18 Å². The molecule has 94 valence electrons. The van der Waals surface area contributed by atoms with Crippen LogP contribution in [0.4, 0.5) is 4.39 Å². The number of hydrogen-bond acceptors (Lipinski definition) is 2. The van der Waals surface area contributed by atoms with E-state index < -0.39 is 0 Å². The highest BCUT2D eigenvalue weighted by Crippen LogP contribution is 2.09. The van der Waals surface area contributed by atoms with Gasteiger partial charge < -0.3 is 11.1 Å². The van der Waals surface area contributed by atoms with Gasteiger partial charge in [0.25, 0.3) is 5.91 Å². The summed E-state index contributed by atoms with van der Waals surface area (Å²) in [7, 11) is 0. The van der Waals surface area contributed by atoms with E-state index in [-0.39, 0.29) is 17.8 Å². The maximum absolute atomic E-state index is 13.1. The Labute approximate surface area is 101 Å². The van der Waals surface area contributed by atoms with Crippen LogP contribution in [0.1, 0.15) is 35.7 Å². The molecule has 1 atom stereocenters. The molecule has 1 rings (SSSR count). The van der Waals surface area contributed by atoms with Crippen LogP contribution in [0.25, 0.3) is 0 Å². The summed E-state index contributed by atoms with van der Waals surface area (Å²) in [6.07, 6.45) is 1.59. The highest BCUT2D eigenvalue weighted by Gasteiger charge is 2.12. The van der Waals surface area contributed by atoms with E-state index in [2.05, 4.69) is 5.32 Å². The fourth-order valence-corrected chi connectivity index (χ4v) is 1.63. The molecule has 0 saturated carbocycles. The van der Waals surface area contributed by atoms with Crippen LogP contribution in [0.5, 0.6) is 0 Å². The Morgan fingerprint density at radius 2 is 2.24 bits per heavy atom. The van der Waals surface area contributed by atoms with Gasteiger partial charge in [-0.05, 0) is 50.1 Å². The first-order chi connectivity index (χ1) is 8.08. The van der Waals surface area contributed by atoms with Gasteiger partial charge in [0.15, 0.2) is 0 Å². The molecule has 1 aromatic carbocycles. The van der Waals surface area contributed by atoms with E-state index in [1.165, 1.54) is 12.1 Å². The number of benzene rings is 1. The third-order valence-electron chi connectivity index (χ3n) is 2.76. The first-order valence-corrected chi connectivity index (χ1v) is 5.85. The second-order valence-corrected chi connectivity index (χ2v) is 4.12. The maximum atomic E-state index is 13.1. The minimum absolute atomic E-state index is 0.0814. The molecule has 1 amide bonds. The van der Waals surface area contributed by atoms with Gasteiger partial charge in [-0.25, -0.2) is 4.39 Å². The largest absolute Gasteiger partial charge is 0.349 e. The molecule has 17 heavy (non-hydrogen) atoms. The molecule has 0 fully saturated rings. The number of hydrogen-bond donors (Lipinski definition) is 2. The number of carbonyl (C=O) groups is 1. The van der Waals surface area contributed by atoms with Crippen molar-refractivity contribution >= 4 is 5.91 Å². The van der Waals surface area contributed by atoms with Gasteiger partial charge in [-0.2, -0.15) is 0 Å². The Kier molecular flexibility index (Phi) is 5.10. The average molecular weight is 238 g/mol. The van der Waals surface area contributed by atoms with Crippen LogP contribution in [-0.2, 0) is 0 Å². The van der Waals surface area contributed by atoms with Gasteiger partial charge >= 0.3 is 0 Å². The first kappa shape index (κ1) is 13.6. The smallest absolute Gasteiger partial charge is 0.251 e. The van der Waals surface area contributed by atoms with Gasteiger partial charge in [-0.1, -0.05) is 6.92 Å². The van der Waals surface area contributed by atoms with Crippen molar-refractivity contribution in [2.24, 2.45) is 5.73 Å². The molecular weight excluding hydrogens is 219 g/mol. The van der Waals surface area contributed by atoms with Gasteiger partial charge in [0.2, 0.25) is 0 Å². The molecule has 3 N–H and O–H groups in total. The summed E-state index contributed by atoms with van der Waals surface area (Å²) < 4.78 is 13.1. The Morgan fingerprint density at radius 3 is 2.76 bits per heavy atom. The lowest BCUT2D eigenvalue weighted by molar-refractivity contribution is 0.0934. The SMILES string of the molecule is CCC(CCN)NC(=O)c1ccc(F)c(C)c1. The molecule has 0 bridgehead atoms. The van der Waals surface area contributed by atoms with Crippen molar-refractivity contribution in [3.63, 3.8) is 0 Å². The number of amides is 1. The summed E-state index contributed by atoms with van der Waals surface area (Å²) in [5.41, 5.74) is 6.42. The summed E-state index contributed by atoms with van der Waals surface area (Å²) in [5.74, 6) is -0.469. The van der Waals surface area contributed by atoms with Gasteiger partial charge in [0.1, 0.15) is 5.82 Å². The van der Waals surface area contributed by atoms with Crippen LogP contribution in [0.3, 0.4) is 0 Å². The lowest BCUT2D eigenvalue weighted by atomic mass is 10.1. The second kappa shape index (κ2) is 6.35. The van der Waals surface area contributed by atoms with E-state index in [0.717, 1.165) is 12.8 Å². The Bertz CT molecular complexity index is 393. The summed E-state index contributed by atoms with van der Waals surface area (Å²) in [5, 5.41) is 2.89. The summed E-state index contributed by atoms with van der Waals surface area (Å²) in [6, 6.07) is 4.44. The molecule has 0 radical (unpaired) electrons. The van der Waals surface area contributed by atoms with E-state index in [0.29, 0.717) is 17.7 Å². The zero-order valence-corrected chi connectivity index (χ0v) is 10.3. The van der Waals surface area contributed by atoms with Crippen molar-refractivity contribution in [3.8, 4) is 0 Å². The Balaban J connectivity index is 2.72. The third-order valence-corrected chi connectivity index (χ3v) is 2.76. The normalized spacial score (nSPS) is 12.2. The zero-order chi connectivity index (χ0) is 12.8. The topological polar surface area (TPSA) is 55.1 Å². The van der Waals surface area contributed by atoms with Gasteiger partial charge in [0.05, 0.1) is 0 Å². The fraction of sp³-hybridized carbons (Fsp3) is 0.462. The molecule has 4 heteroatoms. The molecule has 0 heterocycles. The number of rotatable bonds is 5. The van der Waals surface area contributed by atoms with Crippen LogP contribution >= 0.6 is 0 Å². The van der Waals surface area contributed by atoms with Crippen molar-refractivity contribution in [3.05, 3.63) is 35.1 Å². The summed E-state index contributed by atoms with van der Waals surface area (Å²) >= 11 is 0. The van der Waals surface area contributed by atoms with Crippen LogP contribution in [0, 0.1) is 12.7 Å². The lowest BCUT2D eigenvalue weighted by Gasteiger charge is -2.16. The molecular formula is C13H19FN2O. The lowest BCUT2D eigenvalue weighted by Crippen LogP contribution is -2.35. The van der Waals surface area contributed by atoms with Gasteiger partial charge in [-0.15, -0.1) is 0 Å². The maximum Gasteiger partial charge on any atom is 0.251 e. The quantitative estimate of drug-likeness (QED) is 0.824. The summed E-state index contributed by atoms with van der Waals surface area (Å²) in [6.45, 7) is 4.18. The van der Waals surface area contributed by atoms with Crippen molar-refractivity contribution in [2.45, 2.75) is 32.7 Å². The monoisotopic (exact) mass is 238 g/mol. The highest BCUT2D eigenvalue weighted by molar-refractivity contribution is 5.94. The van der Waals surface area contributed by atoms with E-state index >= 15 is 0 Å². The minimum Gasteiger partial charge on any atom is -0.349 e. The molecule has 0 aliphatic rings. The number of carbonyl (C=O) groups excluding carboxylic acids is 1. The number of nitrogens with two attached hydrogens (primary N) is 1. The van der Waals surface area contributed by atoms with Crippen molar-refractivity contribution in [1.82, 2.24) is 5.32 Å². The highest BCUT2D eigenvalue weighted by atomic mass is 19.1. The fourth-order valence-electron chi connectivity index (χ4n) is 1.63. The molecule has 0 saturated heterocycles. The van der Waals surface area contributed by atoms with E-state index in [4.69, 9.17) is 5.73 Å². The standard InChI is InChI=1S/C13H19FN2O/c1-3-11(6-7-15)16-13(17)10-4-5-12(14)9(2)8-10/h4-5,8,11H,3,6-7,15H2,1-2H3,(H,16,17). The number of aryl methyl sites for hydroxylation is 1. The predicted molar refractivity (Wildman–Crippen MR) is 66.4 cm³/mol. The summed E-state index contributed by atoms with van der Waals surface area (Å²) in [4.78, 5) is 11.9. The van der Waals surface area contributed by atoms with E-state index in [1.54, 1.807) is 13.0 Å². The van der Waals surface area contributed by atoms with Crippen molar-refractivity contribution in [1.29, 1.82) is 0 Å². The van der Waals surface area contributed by atoms with Gasteiger partial charge in [0, 0.05) is 11.6 Å². The molecule has 0 spiro atoms. The molecule has 0 aliphatic heterocycles. The molecule has 1 aromatic rings. The van der Waals surface area contributed by atoms with Crippen LogP contribution in [0.2, 0.25) is 0 Å². The Morgan fingerprint density at radius 1 is 1.53 bits per heavy atom. The number of halogens is 1. The van der Waals surface area contributed by atoms with Crippen LogP contribution in [-0.4, -0.2) is 18.5 Å². The van der Waals surface area contributed by atoms with Crippen molar-refractivity contribution in [2.75, 3.05) is 6.54 Å².